The van der Waals surface area contributed by atoms with Crippen molar-refractivity contribution < 1.29 is 24.1 Å². The second kappa shape index (κ2) is 13.9. The molecule has 4 bridgehead atoms. The molecule has 1 heterocycles. The van der Waals surface area contributed by atoms with Crippen LogP contribution in [-0.2, 0) is 19.0 Å². The zero-order valence-electron chi connectivity index (χ0n) is 31.2. The summed E-state index contributed by atoms with van der Waals surface area (Å²) in [5.74, 6) is 1.80. The first-order valence-corrected chi connectivity index (χ1v) is 20.4. The van der Waals surface area contributed by atoms with Crippen LogP contribution in [0.4, 0.5) is 0 Å². The SMILES string of the molecule is C=CC(CC(O)C12C[C@@H]3[C@H](C)CC[C@H]3C3(C4OCCO4)CC1C=C(C(C)C)C23C(=O)OC(c1ccccc1)c1ccccc1)C1CCCCCC1. The Morgan fingerprint density at radius 2 is 1.55 bits per heavy atom. The molecule has 4 saturated carbocycles. The van der Waals surface area contributed by atoms with Crippen molar-refractivity contribution in [3.8, 4) is 0 Å². The first-order chi connectivity index (χ1) is 24.8. The van der Waals surface area contributed by atoms with Crippen molar-refractivity contribution in [2.45, 2.75) is 110 Å². The van der Waals surface area contributed by atoms with E-state index in [1.165, 1.54) is 38.5 Å². The van der Waals surface area contributed by atoms with Gasteiger partial charge in [-0.1, -0.05) is 131 Å². The van der Waals surface area contributed by atoms with E-state index in [0.29, 0.717) is 37.4 Å². The molecule has 0 amide bonds. The Hall–Kier alpha value is -2.73. The van der Waals surface area contributed by atoms with E-state index in [0.717, 1.165) is 42.4 Å². The summed E-state index contributed by atoms with van der Waals surface area (Å²) >= 11 is 0. The molecule has 6 aliphatic rings. The van der Waals surface area contributed by atoms with Gasteiger partial charge in [-0.2, -0.15) is 0 Å². The Morgan fingerprint density at radius 1 is 0.922 bits per heavy atom. The van der Waals surface area contributed by atoms with Gasteiger partial charge >= 0.3 is 5.97 Å². The minimum absolute atomic E-state index is 0.0366. The number of hydrogen-bond acceptors (Lipinski definition) is 5. The standard InChI is InChI=1S/C46H60O5/c1-5-32(33-16-10-6-7-11-17-33)26-40(47)44-29-37-31(4)22-23-38(37)45(43-49-24-25-50-43)28-36(44)27-39(30(2)3)46(44,45)42(48)51-41(34-18-12-8-13-19-34)35-20-14-9-15-21-35/h5,8-9,12-15,18-21,27,30-33,36-38,40-41,43,47H,1,6-7,10-11,16-17,22-26,28-29H2,2-4H3/t31-,32?,36?,37-,38-,40?,44?,45?,46?/m1/s1. The third-order valence-corrected chi connectivity index (χ3v) is 15.1. The number of carbonyl (C=O) groups is 1. The molecule has 1 saturated heterocycles. The zero-order chi connectivity index (χ0) is 35.4. The smallest absolute Gasteiger partial charge is 0.318 e. The summed E-state index contributed by atoms with van der Waals surface area (Å²) in [6.45, 7) is 12.3. The van der Waals surface area contributed by atoms with E-state index in [1.807, 2.05) is 36.4 Å². The van der Waals surface area contributed by atoms with E-state index in [4.69, 9.17) is 14.2 Å². The number of hydrogen-bond donors (Lipinski definition) is 1. The molecule has 1 aliphatic heterocycles. The summed E-state index contributed by atoms with van der Waals surface area (Å²) in [4.78, 5) is 16.2. The molecule has 6 unspecified atom stereocenters. The van der Waals surface area contributed by atoms with Crippen molar-refractivity contribution in [2.75, 3.05) is 13.2 Å². The van der Waals surface area contributed by atoms with Gasteiger partial charge in [-0.25, -0.2) is 0 Å². The molecule has 274 valence electrons. The van der Waals surface area contributed by atoms with E-state index >= 15 is 4.79 Å². The first kappa shape index (κ1) is 35.3. The number of ether oxygens (including phenoxy) is 3. The molecule has 2 aromatic carbocycles. The molecule has 5 nitrogen and oxygen atoms in total. The normalized spacial score (nSPS) is 36.2. The second-order valence-electron chi connectivity index (χ2n) is 17.5. The highest BCUT2D eigenvalue weighted by Gasteiger charge is 2.88. The van der Waals surface area contributed by atoms with Gasteiger partial charge in [0.25, 0.3) is 0 Å². The number of allylic oxidation sites excluding steroid dienone is 2. The van der Waals surface area contributed by atoms with Gasteiger partial charge < -0.3 is 19.3 Å². The highest BCUT2D eigenvalue weighted by atomic mass is 16.7. The zero-order valence-corrected chi connectivity index (χ0v) is 31.2. The molecule has 5 heteroatoms. The van der Waals surface area contributed by atoms with Crippen molar-refractivity contribution in [1.82, 2.24) is 0 Å². The lowest BCUT2D eigenvalue weighted by molar-refractivity contribution is -0.255. The third kappa shape index (κ3) is 5.22. The van der Waals surface area contributed by atoms with Crippen molar-refractivity contribution in [1.29, 1.82) is 0 Å². The highest BCUT2D eigenvalue weighted by Crippen LogP contribution is 2.85. The number of benzene rings is 2. The molecule has 8 rings (SSSR count). The van der Waals surface area contributed by atoms with E-state index in [9.17, 15) is 5.11 Å². The van der Waals surface area contributed by atoms with Crippen LogP contribution in [-0.4, -0.2) is 36.7 Å². The van der Waals surface area contributed by atoms with Crippen molar-refractivity contribution in [2.24, 2.45) is 57.7 Å². The fourth-order valence-electron chi connectivity index (χ4n) is 13.2. The van der Waals surface area contributed by atoms with Crippen LogP contribution in [0.15, 0.2) is 85.0 Å². The Kier molecular flexibility index (Phi) is 9.64. The monoisotopic (exact) mass is 692 g/mol. The maximum atomic E-state index is 16.2. The second-order valence-corrected chi connectivity index (χ2v) is 17.5. The van der Waals surface area contributed by atoms with E-state index in [1.54, 1.807) is 0 Å². The molecule has 0 radical (unpaired) electrons. The fourth-order valence-corrected chi connectivity index (χ4v) is 13.2. The first-order valence-electron chi connectivity index (χ1n) is 20.4. The van der Waals surface area contributed by atoms with Gasteiger partial charge in [-0.05, 0) is 91.1 Å². The maximum absolute atomic E-state index is 16.2. The van der Waals surface area contributed by atoms with Gasteiger partial charge in [0, 0.05) is 10.8 Å². The lowest BCUT2D eigenvalue weighted by Gasteiger charge is -2.63. The van der Waals surface area contributed by atoms with Crippen molar-refractivity contribution in [3.05, 3.63) is 96.1 Å². The number of esters is 1. The number of fused-ring (bicyclic) bond motifs is 2. The minimum atomic E-state index is -1.09. The van der Waals surface area contributed by atoms with Crippen LogP contribution in [0.1, 0.15) is 109 Å². The summed E-state index contributed by atoms with van der Waals surface area (Å²) in [7, 11) is 0. The molecule has 51 heavy (non-hydrogen) atoms. The number of aliphatic hydroxyl groups is 1. The molecular weight excluding hydrogens is 633 g/mol. The van der Waals surface area contributed by atoms with Crippen LogP contribution < -0.4 is 0 Å². The van der Waals surface area contributed by atoms with E-state index < -0.39 is 34.7 Å². The summed E-state index contributed by atoms with van der Waals surface area (Å²) in [6, 6.07) is 20.4. The van der Waals surface area contributed by atoms with Gasteiger partial charge in [-0.3, -0.25) is 4.79 Å². The fraction of sp³-hybridized carbons (Fsp3) is 0.630. The topological polar surface area (TPSA) is 65.0 Å². The summed E-state index contributed by atoms with van der Waals surface area (Å²) in [5, 5.41) is 13.3. The Morgan fingerprint density at radius 3 is 2.14 bits per heavy atom. The van der Waals surface area contributed by atoms with E-state index in [-0.39, 0.29) is 29.6 Å². The average Bonchev–Trinajstić information content (AvgIpc) is 3.87. The predicted octanol–water partition coefficient (Wildman–Crippen LogP) is 9.86. The molecule has 2 aromatic rings. The Bertz CT molecular complexity index is 1530. The van der Waals surface area contributed by atoms with Crippen LogP contribution in [0.25, 0.3) is 0 Å². The number of rotatable bonds is 11. The van der Waals surface area contributed by atoms with Crippen LogP contribution >= 0.6 is 0 Å². The molecular formula is C46H60O5. The number of aliphatic hydroxyl groups excluding tert-OH is 1. The molecule has 5 aliphatic carbocycles. The molecule has 1 N–H and O–H groups in total. The molecule has 9 atom stereocenters. The molecule has 5 fully saturated rings. The average molecular weight is 693 g/mol. The van der Waals surface area contributed by atoms with Crippen molar-refractivity contribution in [3.63, 3.8) is 0 Å². The van der Waals surface area contributed by atoms with Gasteiger partial charge in [0.1, 0.15) is 5.41 Å². The predicted molar refractivity (Wildman–Crippen MR) is 200 cm³/mol. The largest absolute Gasteiger partial charge is 0.452 e. The lowest BCUT2D eigenvalue weighted by Crippen LogP contribution is -2.68. The quantitative estimate of drug-likeness (QED) is 0.144. The van der Waals surface area contributed by atoms with Crippen LogP contribution in [0, 0.1) is 57.7 Å². The van der Waals surface area contributed by atoms with Gasteiger partial charge in [0.2, 0.25) is 0 Å². The van der Waals surface area contributed by atoms with Gasteiger partial charge in [0.15, 0.2) is 12.4 Å². The molecule has 0 aromatic heterocycles. The van der Waals surface area contributed by atoms with Crippen LogP contribution in [0.2, 0.25) is 0 Å². The molecule has 0 spiro atoms. The summed E-state index contributed by atoms with van der Waals surface area (Å²) < 4.78 is 20.5. The van der Waals surface area contributed by atoms with Gasteiger partial charge in [0.05, 0.1) is 19.3 Å². The summed E-state index contributed by atoms with van der Waals surface area (Å²) in [6.07, 6.45) is 14.7. The van der Waals surface area contributed by atoms with Crippen molar-refractivity contribution >= 4 is 5.97 Å². The lowest BCUT2D eigenvalue weighted by atomic mass is 9.40. The van der Waals surface area contributed by atoms with Gasteiger partial charge in [-0.15, -0.1) is 6.58 Å². The number of carbonyl (C=O) groups excluding carboxylic acids is 1. The third-order valence-electron chi connectivity index (χ3n) is 15.1. The Balaban J connectivity index is 1.31. The summed E-state index contributed by atoms with van der Waals surface area (Å²) in [5.41, 5.74) is 0.608. The van der Waals surface area contributed by atoms with Crippen LogP contribution in [0.5, 0.6) is 0 Å². The Labute approximate surface area is 306 Å². The maximum Gasteiger partial charge on any atom is 0.318 e. The van der Waals surface area contributed by atoms with E-state index in [2.05, 4.69) is 63.8 Å². The van der Waals surface area contributed by atoms with Crippen LogP contribution in [0.3, 0.4) is 0 Å². The highest BCUT2D eigenvalue weighted by molar-refractivity contribution is 5.87. The minimum Gasteiger partial charge on any atom is -0.452 e.